The quantitative estimate of drug-likeness (QED) is 0.594. The summed E-state index contributed by atoms with van der Waals surface area (Å²) >= 11 is 18.0. The van der Waals surface area contributed by atoms with Gasteiger partial charge in [-0.05, 0) is 30.3 Å². The molecule has 2 nitrogen and oxygen atoms in total. The number of aryl methyl sites for hydroxylation is 1. The van der Waals surface area contributed by atoms with Crippen LogP contribution in [0.2, 0.25) is 10.0 Å². The zero-order valence-electron chi connectivity index (χ0n) is 10.8. The van der Waals surface area contributed by atoms with Crippen LogP contribution in [0.4, 0.5) is 4.39 Å². The Hall–Kier alpha value is -1.29. The second kappa shape index (κ2) is 5.84. The number of halogens is 4. The van der Waals surface area contributed by atoms with Crippen LogP contribution in [0.1, 0.15) is 5.82 Å². The predicted octanol–water partition coefficient (Wildman–Crippen LogP) is 5.25. The number of fused-ring (bicyclic) bond motifs is 1. The van der Waals surface area contributed by atoms with Gasteiger partial charge in [-0.15, -0.1) is 11.6 Å². The highest BCUT2D eigenvalue weighted by Crippen LogP contribution is 2.29. The van der Waals surface area contributed by atoms with Gasteiger partial charge >= 0.3 is 0 Å². The topological polar surface area (TPSA) is 17.8 Å². The summed E-state index contributed by atoms with van der Waals surface area (Å²) in [6.45, 7) is 0. The van der Waals surface area contributed by atoms with Gasteiger partial charge in [-0.25, -0.2) is 9.37 Å². The summed E-state index contributed by atoms with van der Waals surface area (Å²) < 4.78 is 15.2. The third kappa shape index (κ3) is 2.61. The zero-order valence-corrected chi connectivity index (χ0v) is 13.1. The van der Waals surface area contributed by atoms with Gasteiger partial charge in [0.2, 0.25) is 0 Å². The number of para-hydroxylation sites is 1. The normalized spacial score (nSPS) is 11.2. The molecule has 0 bridgehead atoms. The van der Waals surface area contributed by atoms with Crippen LogP contribution in [-0.4, -0.2) is 15.4 Å². The van der Waals surface area contributed by atoms with Crippen molar-refractivity contribution < 1.29 is 4.39 Å². The second-order valence-corrected chi connectivity index (χ2v) is 5.70. The van der Waals surface area contributed by atoms with Crippen LogP contribution in [0.3, 0.4) is 0 Å². The summed E-state index contributed by atoms with van der Waals surface area (Å²) in [4.78, 5) is 4.55. The molecule has 0 saturated carbocycles. The highest BCUT2D eigenvalue weighted by Gasteiger charge is 2.15. The maximum Gasteiger partial charge on any atom is 0.141 e. The van der Waals surface area contributed by atoms with Crippen molar-refractivity contribution in [3.63, 3.8) is 0 Å². The van der Waals surface area contributed by atoms with Crippen LogP contribution in [0.15, 0.2) is 36.4 Å². The van der Waals surface area contributed by atoms with Gasteiger partial charge in [0.25, 0.3) is 0 Å². The van der Waals surface area contributed by atoms with Crippen LogP contribution in [-0.2, 0) is 6.42 Å². The Balaban J connectivity index is 2.32. The molecule has 0 radical (unpaired) electrons. The Labute approximate surface area is 136 Å². The monoisotopic (exact) mass is 342 g/mol. The number of nitrogens with zero attached hydrogens (tertiary/aromatic N) is 2. The average molecular weight is 344 g/mol. The van der Waals surface area contributed by atoms with Crippen molar-refractivity contribution in [3.8, 4) is 5.69 Å². The molecule has 6 heteroatoms. The zero-order chi connectivity index (χ0) is 15.0. The minimum Gasteiger partial charge on any atom is -0.295 e. The second-order valence-electron chi connectivity index (χ2n) is 4.51. The maximum atomic E-state index is 13.4. The number of benzene rings is 2. The predicted molar refractivity (Wildman–Crippen MR) is 85.5 cm³/mol. The van der Waals surface area contributed by atoms with E-state index >= 15 is 0 Å². The molecule has 1 aromatic heterocycles. The molecule has 0 unspecified atom stereocenters. The van der Waals surface area contributed by atoms with E-state index in [9.17, 15) is 4.39 Å². The molecule has 3 rings (SSSR count). The number of hydrogen-bond acceptors (Lipinski definition) is 1. The van der Waals surface area contributed by atoms with Gasteiger partial charge in [-0.2, -0.15) is 0 Å². The number of hydrogen-bond donors (Lipinski definition) is 0. The van der Waals surface area contributed by atoms with E-state index < -0.39 is 5.82 Å². The Morgan fingerprint density at radius 3 is 2.62 bits per heavy atom. The first-order chi connectivity index (χ1) is 10.1. The molecular formula is C15H10Cl3FN2. The summed E-state index contributed by atoms with van der Waals surface area (Å²) in [6, 6.07) is 10.0. The van der Waals surface area contributed by atoms with Gasteiger partial charge in [-0.3, -0.25) is 4.57 Å². The lowest BCUT2D eigenvalue weighted by Crippen LogP contribution is -2.02. The summed E-state index contributed by atoms with van der Waals surface area (Å²) in [5, 5.41) is 0.625. The Morgan fingerprint density at radius 2 is 1.90 bits per heavy atom. The standard InChI is InChI=1S/C15H10Cl3FN2/c16-7-6-14-20-13-3-1-2-10(17)15(13)21(14)9-4-5-12(19)11(18)8-9/h1-5,8H,6-7H2. The van der Waals surface area contributed by atoms with Crippen molar-refractivity contribution in [2.24, 2.45) is 0 Å². The van der Waals surface area contributed by atoms with E-state index in [-0.39, 0.29) is 5.02 Å². The van der Waals surface area contributed by atoms with Crippen LogP contribution in [0.5, 0.6) is 0 Å². The van der Waals surface area contributed by atoms with Gasteiger partial charge < -0.3 is 0 Å². The maximum absolute atomic E-state index is 13.4. The van der Waals surface area contributed by atoms with Gasteiger partial charge in [-0.1, -0.05) is 29.3 Å². The highest BCUT2D eigenvalue weighted by atomic mass is 35.5. The van der Waals surface area contributed by atoms with Crippen LogP contribution in [0, 0.1) is 5.82 Å². The molecule has 1 heterocycles. The van der Waals surface area contributed by atoms with E-state index in [1.54, 1.807) is 18.2 Å². The van der Waals surface area contributed by atoms with E-state index in [1.807, 2.05) is 16.7 Å². The van der Waals surface area contributed by atoms with Gasteiger partial charge in [0, 0.05) is 18.0 Å². The Bertz CT molecular complexity index is 814. The first-order valence-electron chi connectivity index (χ1n) is 6.29. The van der Waals surface area contributed by atoms with E-state index in [1.165, 1.54) is 6.07 Å². The molecule has 0 amide bonds. The molecule has 0 N–H and O–H groups in total. The van der Waals surface area contributed by atoms with Crippen LogP contribution < -0.4 is 0 Å². The summed E-state index contributed by atoms with van der Waals surface area (Å²) in [7, 11) is 0. The van der Waals surface area contributed by atoms with Crippen molar-refractivity contribution in [1.29, 1.82) is 0 Å². The van der Waals surface area contributed by atoms with E-state index in [4.69, 9.17) is 34.8 Å². The minimum absolute atomic E-state index is 0.0539. The highest BCUT2D eigenvalue weighted by molar-refractivity contribution is 6.35. The molecule has 108 valence electrons. The molecule has 0 atom stereocenters. The van der Waals surface area contributed by atoms with Gasteiger partial charge in [0.15, 0.2) is 0 Å². The molecule has 0 aliphatic rings. The third-order valence-corrected chi connectivity index (χ3v) is 3.96. The number of rotatable bonds is 3. The fourth-order valence-corrected chi connectivity index (χ4v) is 2.89. The van der Waals surface area contributed by atoms with Crippen molar-refractivity contribution in [3.05, 3.63) is 58.1 Å². The van der Waals surface area contributed by atoms with Crippen molar-refractivity contribution in [2.45, 2.75) is 6.42 Å². The molecule has 0 aliphatic heterocycles. The lowest BCUT2D eigenvalue weighted by Gasteiger charge is -2.10. The lowest BCUT2D eigenvalue weighted by atomic mass is 10.2. The van der Waals surface area contributed by atoms with Gasteiger partial charge in [0.1, 0.15) is 11.6 Å². The lowest BCUT2D eigenvalue weighted by molar-refractivity contribution is 0.628. The first kappa shape index (κ1) is 14.6. The van der Waals surface area contributed by atoms with Crippen LogP contribution >= 0.6 is 34.8 Å². The van der Waals surface area contributed by atoms with Crippen LogP contribution in [0.25, 0.3) is 16.7 Å². The number of aromatic nitrogens is 2. The Morgan fingerprint density at radius 1 is 1.10 bits per heavy atom. The minimum atomic E-state index is -0.463. The summed E-state index contributed by atoms with van der Waals surface area (Å²) in [5.74, 6) is 0.723. The number of imidazole rings is 1. The molecule has 3 aromatic rings. The van der Waals surface area contributed by atoms with Crippen molar-refractivity contribution >= 4 is 45.8 Å². The largest absolute Gasteiger partial charge is 0.295 e. The van der Waals surface area contributed by atoms with E-state index in [0.29, 0.717) is 23.0 Å². The SMILES string of the molecule is Fc1ccc(-n2c(CCCl)nc3cccc(Cl)c32)cc1Cl. The third-order valence-electron chi connectivity index (χ3n) is 3.18. The molecular weight excluding hydrogens is 334 g/mol. The molecule has 0 fully saturated rings. The molecule has 0 saturated heterocycles. The molecule has 0 aliphatic carbocycles. The molecule has 21 heavy (non-hydrogen) atoms. The summed E-state index contributed by atoms with van der Waals surface area (Å²) in [6.07, 6.45) is 0.571. The first-order valence-corrected chi connectivity index (χ1v) is 7.58. The number of alkyl halides is 1. The molecule has 2 aromatic carbocycles. The average Bonchev–Trinajstić information content (AvgIpc) is 2.82. The van der Waals surface area contributed by atoms with E-state index in [0.717, 1.165) is 16.9 Å². The fraction of sp³-hybridized carbons (Fsp3) is 0.133. The molecule has 0 spiro atoms. The smallest absolute Gasteiger partial charge is 0.141 e. The fourth-order valence-electron chi connectivity index (χ4n) is 2.29. The van der Waals surface area contributed by atoms with Crippen molar-refractivity contribution in [1.82, 2.24) is 9.55 Å². The summed E-state index contributed by atoms with van der Waals surface area (Å²) in [5.41, 5.74) is 2.24. The van der Waals surface area contributed by atoms with E-state index in [2.05, 4.69) is 4.98 Å². The van der Waals surface area contributed by atoms with Gasteiger partial charge in [0.05, 0.1) is 21.1 Å². The Kier molecular flexibility index (Phi) is 4.07. The van der Waals surface area contributed by atoms with Crippen molar-refractivity contribution in [2.75, 3.05) is 5.88 Å².